The minimum absolute atomic E-state index is 0.000438. The second-order valence-corrected chi connectivity index (χ2v) is 6.05. The summed E-state index contributed by atoms with van der Waals surface area (Å²) in [5.74, 6) is 0.508. The summed E-state index contributed by atoms with van der Waals surface area (Å²) in [6, 6.07) is 6.60. The Bertz CT molecular complexity index is 404. The number of rotatable bonds is 4. The van der Waals surface area contributed by atoms with Crippen LogP contribution in [0.2, 0.25) is 0 Å². The van der Waals surface area contributed by atoms with Crippen molar-refractivity contribution in [2.24, 2.45) is 5.50 Å². The van der Waals surface area contributed by atoms with Gasteiger partial charge in [-0.05, 0) is 43.0 Å². The van der Waals surface area contributed by atoms with Crippen molar-refractivity contribution in [3.05, 3.63) is 29.8 Å². The van der Waals surface area contributed by atoms with Crippen LogP contribution in [0.4, 0.5) is 0 Å². The molecule has 6 heteroatoms. The van der Waals surface area contributed by atoms with Gasteiger partial charge in [-0.2, -0.15) is 0 Å². The number of nitrogens with two attached hydrogens (primary N) is 1. The average Bonchev–Trinajstić information content (AvgIpc) is 2.18. The van der Waals surface area contributed by atoms with Crippen molar-refractivity contribution in [2.75, 3.05) is 7.11 Å². The van der Waals surface area contributed by atoms with Gasteiger partial charge in [0.15, 0.2) is 5.78 Å². The molecule has 0 aliphatic carbocycles. The molecule has 4 nitrogen and oxygen atoms in total. The fraction of sp³-hybridized carbons (Fsp3) is 0.222. The summed E-state index contributed by atoms with van der Waals surface area (Å²) >= 11 is 4.89. The molecule has 0 fully saturated rings. The van der Waals surface area contributed by atoms with E-state index in [4.69, 9.17) is 26.4 Å². The van der Waals surface area contributed by atoms with Gasteiger partial charge in [-0.15, -0.1) is 0 Å². The van der Waals surface area contributed by atoms with Crippen molar-refractivity contribution in [1.82, 2.24) is 0 Å². The van der Waals surface area contributed by atoms with E-state index < -0.39 is 6.64 Å². The molecule has 2 N–H and O–H groups in total. The van der Waals surface area contributed by atoms with Gasteiger partial charge in [0.1, 0.15) is 5.75 Å². The maximum absolute atomic E-state index is 11.0. The van der Waals surface area contributed by atoms with E-state index in [-0.39, 0.29) is 5.78 Å². The minimum atomic E-state index is -2.69. The summed E-state index contributed by atoms with van der Waals surface area (Å²) < 4.78 is 10.1. The third-order valence-corrected chi connectivity index (χ3v) is 3.39. The highest BCUT2D eigenvalue weighted by Gasteiger charge is 2.11. The minimum Gasteiger partial charge on any atom is -0.433 e. The Hall–Kier alpha value is -0.740. The summed E-state index contributed by atoms with van der Waals surface area (Å²) in [5, 5.41) is 0. The third-order valence-electron chi connectivity index (χ3n) is 1.75. The summed E-state index contributed by atoms with van der Waals surface area (Å²) in [7, 11) is 1.41. The molecule has 1 unspecified atom stereocenters. The van der Waals surface area contributed by atoms with Crippen LogP contribution in [-0.4, -0.2) is 12.9 Å². The first-order chi connectivity index (χ1) is 6.94. The normalized spacial score (nSPS) is 14.3. The van der Waals surface area contributed by atoms with Gasteiger partial charge in [0.25, 0.3) is 0 Å². The van der Waals surface area contributed by atoms with E-state index in [1.807, 2.05) is 0 Å². The molecular weight excluding hydrogens is 233 g/mol. The first-order valence-electron chi connectivity index (χ1n) is 4.19. The van der Waals surface area contributed by atoms with Gasteiger partial charge in [-0.1, -0.05) is 0 Å². The molecule has 0 aliphatic rings. The predicted molar refractivity (Wildman–Crippen MR) is 62.6 cm³/mol. The molecular formula is C9H12NO3PS. The molecule has 15 heavy (non-hydrogen) atoms. The van der Waals surface area contributed by atoms with E-state index >= 15 is 0 Å². The molecule has 0 heterocycles. The molecule has 1 atom stereocenters. The zero-order chi connectivity index (χ0) is 11.5. The monoisotopic (exact) mass is 245 g/mol. The molecule has 0 bridgehead atoms. The van der Waals surface area contributed by atoms with E-state index in [1.54, 1.807) is 24.3 Å². The highest BCUT2D eigenvalue weighted by Crippen LogP contribution is 2.39. The van der Waals surface area contributed by atoms with Crippen LogP contribution in [0.15, 0.2) is 24.3 Å². The molecule has 1 rings (SSSR count). The molecule has 0 saturated carbocycles. The Morgan fingerprint density at radius 3 is 2.33 bits per heavy atom. The van der Waals surface area contributed by atoms with Gasteiger partial charge < -0.3 is 9.05 Å². The lowest BCUT2D eigenvalue weighted by atomic mass is 10.1. The number of carbonyl (C=O) groups excluding carboxylic acids is 1. The van der Waals surface area contributed by atoms with Gasteiger partial charge >= 0.3 is 6.64 Å². The molecule has 0 saturated heterocycles. The van der Waals surface area contributed by atoms with E-state index in [1.165, 1.54) is 14.0 Å². The van der Waals surface area contributed by atoms with Crippen molar-refractivity contribution < 1.29 is 13.8 Å². The zero-order valence-corrected chi connectivity index (χ0v) is 10.2. The Morgan fingerprint density at radius 2 is 1.93 bits per heavy atom. The number of Topliss-reactive ketones (excluding diaryl/α,β-unsaturated/α-hetero) is 1. The Labute approximate surface area is 93.6 Å². The van der Waals surface area contributed by atoms with Gasteiger partial charge in [-0.25, -0.2) is 5.50 Å². The van der Waals surface area contributed by atoms with Crippen molar-refractivity contribution >= 4 is 24.2 Å². The van der Waals surface area contributed by atoms with Crippen molar-refractivity contribution in [1.29, 1.82) is 0 Å². The standard InChI is InChI=1S/C9H12NO3PS/c1-7(11)8-3-5-9(6-4-8)13-14(10,15)12-2/h3-6H,1-2H3,(H2,10,15). The summed E-state index contributed by atoms with van der Waals surface area (Å²) in [6.07, 6.45) is 0. The van der Waals surface area contributed by atoms with Crippen LogP contribution >= 0.6 is 6.64 Å². The second-order valence-electron chi connectivity index (χ2n) is 2.89. The Morgan fingerprint density at radius 1 is 1.40 bits per heavy atom. The fourth-order valence-corrected chi connectivity index (χ4v) is 1.68. The van der Waals surface area contributed by atoms with Crippen LogP contribution in [0.25, 0.3) is 0 Å². The van der Waals surface area contributed by atoms with Gasteiger partial charge in [-0.3, -0.25) is 4.79 Å². The number of hydrogen-bond acceptors (Lipinski definition) is 4. The zero-order valence-electron chi connectivity index (χ0n) is 8.47. The van der Waals surface area contributed by atoms with Crippen LogP contribution in [0.3, 0.4) is 0 Å². The quantitative estimate of drug-likeness (QED) is 0.650. The number of benzene rings is 1. The lowest BCUT2D eigenvalue weighted by molar-refractivity contribution is 0.101. The van der Waals surface area contributed by atoms with Crippen molar-refractivity contribution in [3.63, 3.8) is 0 Å². The third kappa shape index (κ3) is 3.72. The molecule has 0 amide bonds. The topological polar surface area (TPSA) is 61.6 Å². The second kappa shape index (κ2) is 4.86. The maximum atomic E-state index is 11.0. The van der Waals surface area contributed by atoms with E-state index in [9.17, 15) is 4.79 Å². The smallest absolute Gasteiger partial charge is 0.309 e. The Balaban J connectivity index is 2.82. The average molecular weight is 245 g/mol. The maximum Gasteiger partial charge on any atom is 0.309 e. The fourth-order valence-electron chi connectivity index (χ4n) is 0.935. The van der Waals surface area contributed by atoms with E-state index in [2.05, 4.69) is 0 Å². The van der Waals surface area contributed by atoms with Crippen LogP contribution in [0, 0.1) is 0 Å². The number of carbonyl (C=O) groups is 1. The highest BCUT2D eigenvalue weighted by atomic mass is 32.5. The SMILES string of the molecule is COP(N)(=S)Oc1ccc(C(C)=O)cc1. The van der Waals surface area contributed by atoms with Gasteiger partial charge in [0.2, 0.25) is 0 Å². The summed E-state index contributed by atoms with van der Waals surface area (Å²) in [4.78, 5) is 11.0. The molecule has 0 radical (unpaired) electrons. The largest absolute Gasteiger partial charge is 0.433 e. The van der Waals surface area contributed by atoms with Crippen molar-refractivity contribution in [3.8, 4) is 5.75 Å². The Kier molecular flexibility index (Phi) is 3.99. The molecule has 1 aromatic rings. The highest BCUT2D eigenvalue weighted by molar-refractivity contribution is 8.08. The van der Waals surface area contributed by atoms with Gasteiger partial charge in [0.05, 0.1) is 0 Å². The van der Waals surface area contributed by atoms with Gasteiger partial charge in [0, 0.05) is 12.7 Å². The van der Waals surface area contributed by atoms with Crippen LogP contribution < -0.4 is 10.0 Å². The van der Waals surface area contributed by atoms with Crippen LogP contribution in [0.5, 0.6) is 5.75 Å². The van der Waals surface area contributed by atoms with Crippen LogP contribution in [0.1, 0.15) is 17.3 Å². The molecule has 0 aromatic heterocycles. The number of ketones is 1. The number of hydrogen-bond donors (Lipinski definition) is 1. The molecule has 1 aromatic carbocycles. The van der Waals surface area contributed by atoms with Crippen molar-refractivity contribution in [2.45, 2.75) is 6.92 Å². The molecule has 0 aliphatic heterocycles. The first kappa shape index (κ1) is 12.3. The first-order valence-corrected chi connectivity index (χ1v) is 6.90. The lowest BCUT2D eigenvalue weighted by Crippen LogP contribution is -2.03. The summed E-state index contributed by atoms with van der Waals surface area (Å²) in [5.41, 5.74) is 6.18. The predicted octanol–water partition coefficient (Wildman–Crippen LogP) is 2.10. The van der Waals surface area contributed by atoms with E-state index in [0.29, 0.717) is 11.3 Å². The summed E-state index contributed by atoms with van der Waals surface area (Å²) in [6.45, 7) is -1.19. The van der Waals surface area contributed by atoms with Crippen LogP contribution in [-0.2, 0) is 16.3 Å². The lowest BCUT2D eigenvalue weighted by Gasteiger charge is -2.15. The molecule has 82 valence electrons. The molecule has 0 spiro atoms. The van der Waals surface area contributed by atoms with E-state index in [0.717, 1.165) is 0 Å².